The van der Waals surface area contributed by atoms with Crippen molar-refractivity contribution in [2.75, 3.05) is 15.5 Å². The van der Waals surface area contributed by atoms with Crippen LogP contribution in [0.3, 0.4) is 0 Å². The molecule has 3 amide bonds. The molecular weight excluding hydrogens is 426 g/mol. The zero-order valence-electron chi connectivity index (χ0n) is 19.7. The molecule has 6 heteroatoms. The van der Waals surface area contributed by atoms with E-state index in [4.69, 9.17) is 0 Å². The Morgan fingerprint density at radius 2 is 1.50 bits per heavy atom. The summed E-state index contributed by atoms with van der Waals surface area (Å²) in [5.74, 6) is -0.608. The number of aryl methyl sites for hydroxylation is 1. The molecule has 172 valence electrons. The fourth-order valence-electron chi connectivity index (χ4n) is 3.93. The van der Waals surface area contributed by atoms with Crippen LogP contribution in [0, 0.1) is 6.92 Å². The van der Waals surface area contributed by atoms with Crippen LogP contribution in [-0.4, -0.2) is 17.7 Å². The fraction of sp³-hybridized carbons (Fsp3) is 0.179. The average Bonchev–Trinajstić information content (AvgIpc) is 3.03. The minimum atomic E-state index is -0.413. The number of amides is 3. The smallest absolute Gasteiger partial charge is 0.282 e. The van der Waals surface area contributed by atoms with Crippen molar-refractivity contribution in [1.29, 1.82) is 0 Å². The lowest BCUT2D eigenvalue weighted by atomic mass is 10.0. The Bertz CT molecular complexity index is 1290. The first kappa shape index (κ1) is 23.0. The van der Waals surface area contributed by atoms with Gasteiger partial charge in [0, 0.05) is 18.3 Å². The third-order valence-electron chi connectivity index (χ3n) is 5.68. The van der Waals surface area contributed by atoms with E-state index in [2.05, 4.69) is 24.5 Å². The van der Waals surface area contributed by atoms with Gasteiger partial charge in [0.25, 0.3) is 11.8 Å². The molecular formula is C28H27N3O3. The predicted molar refractivity (Wildman–Crippen MR) is 135 cm³/mol. The zero-order chi connectivity index (χ0) is 24.4. The summed E-state index contributed by atoms with van der Waals surface area (Å²) in [5, 5.41) is 5.91. The summed E-state index contributed by atoms with van der Waals surface area (Å²) in [6.07, 6.45) is 0. The van der Waals surface area contributed by atoms with Crippen molar-refractivity contribution in [3.05, 3.63) is 95.2 Å². The third kappa shape index (κ3) is 4.62. The first-order valence-electron chi connectivity index (χ1n) is 11.2. The number of hydrogen-bond acceptors (Lipinski definition) is 4. The Hall–Kier alpha value is -4.19. The SMILES string of the molecule is CC(=O)Nc1ccc(C2=C(Nc3ccc(C(C)C)cc3)C(=O)N(c3cccc(C)c3)C2=O)cc1. The van der Waals surface area contributed by atoms with Gasteiger partial charge in [0.15, 0.2) is 0 Å². The highest BCUT2D eigenvalue weighted by Crippen LogP contribution is 2.34. The Labute approximate surface area is 199 Å². The number of rotatable bonds is 6. The number of carbonyl (C=O) groups is 3. The van der Waals surface area contributed by atoms with Gasteiger partial charge in [0.1, 0.15) is 5.70 Å². The van der Waals surface area contributed by atoms with Gasteiger partial charge >= 0.3 is 0 Å². The van der Waals surface area contributed by atoms with Gasteiger partial charge < -0.3 is 10.6 Å². The molecule has 0 spiro atoms. The maximum Gasteiger partial charge on any atom is 0.282 e. The number of nitrogens with zero attached hydrogens (tertiary/aromatic N) is 1. The van der Waals surface area contributed by atoms with E-state index < -0.39 is 11.8 Å². The molecule has 34 heavy (non-hydrogen) atoms. The number of hydrogen-bond donors (Lipinski definition) is 2. The molecule has 0 saturated heterocycles. The second-order valence-electron chi connectivity index (χ2n) is 8.69. The molecule has 1 heterocycles. The van der Waals surface area contributed by atoms with Crippen LogP contribution < -0.4 is 15.5 Å². The van der Waals surface area contributed by atoms with Crippen LogP contribution in [0.15, 0.2) is 78.5 Å². The maximum atomic E-state index is 13.6. The van der Waals surface area contributed by atoms with E-state index in [-0.39, 0.29) is 17.2 Å². The van der Waals surface area contributed by atoms with E-state index in [1.165, 1.54) is 17.4 Å². The normalized spacial score (nSPS) is 13.6. The Morgan fingerprint density at radius 1 is 0.853 bits per heavy atom. The van der Waals surface area contributed by atoms with Gasteiger partial charge in [-0.05, 0) is 65.9 Å². The molecule has 0 aromatic heterocycles. The van der Waals surface area contributed by atoms with Crippen LogP contribution in [0.2, 0.25) is 0 Å². The van der Waals surface area contributed by atoms with E-state index >= 15 is 0 Å². The molecule has 0 radical (unpaired) electrons. The molecule has 6 nitrogen and oxygen atoms in total. The van der Waals surface area contributed by atoms with Crippen molar-refractivity contribution < 1.29 is 14.4 Å². The van der Waals surface area contributed by atoms with Gasteiger partial charge in [-0.15, -0.1) is 0 Å². The lowest BCUT2D eigenvalue weighted by Gasteiger charge is -2.16. The first-order chi connectivity index (χ1) is 16.2. The van der Waals surface area contributed by atoms with Gasteiger partial charge in [-0.1, -0.05) is 50.2 Å². The predicted octanol–water partition coefficient (Wildman–Crippen LogP) is 5.47. The molecule has 3 aromatic rings. The lowest BCUT2D eigenvalue weighted by Crippen LogP contribution is -2.32. The van der Waals surface area contributed by atoms with Crippen LogP contribution in [0.1, 0.15) is 43.4 Å². The Balaban J connectivity index is 1.76. The van der Waals surface area contributed by atoms with Gasteiger partial charge in [-0.25, -0.2) is 4.90 Å². The molecule has 0 aliphatic carbocycles. The second kappa shape index (κ2) is 9.35. The number of benzene rings is 3. The van der Waals surface area contributed by atoms with Crippen molar-refractivity contribution in [2.45, 2.75) is 33.6 Å². The molecule has 0 atom stereocenters. The van der Waals surface area contributed by atoms with E-state index in [0.717, 1.165) is 11.3 Å². The van der Waals surface area contributed by atoms with Crippen LogP contribution in [0.4, 0.5) is 17.1 Å². The summed E-state index contributed by atoms with van der Waals surface area (Å²) in [7, 11) is 0. The molecule has 1 aliphatic heterocycles. The molecule has 2 N–H and O–H groups in total. The molecule has 0 bridgehead atoms. The maximum absolute atomic E-state index is 13.6. The number of nitrogens with one attached hydrogen (secondary N) is 2. The highest BCUT2D eigenvalue weighted by atomic mass is 16.2. The summed E-state index contributed by atoms with van der Waals surface area (Å²) in [5.41, 5.74) is 5.08. The quantitative estimate of drug-likeness (QED) is 0.485. The Morgan fingerprint density at radius 3 is 2.09 bits per heavy atom. The number of imide groups is 1. The van der Waals surface area contributed by atoms with Gasteiger partial charge in [-0.3, -0.25) is 14.4 Å². The molecule has 0 saturated carbocycles. The van der Waals surface area contributed by atoms with E-state index in [0.29, 0.717) is 22.9 Å². The fourth-order valence-corrected chi connectivity index (χ4v) is 3.93. The second-order valence-corrected chi connectivity index (χ2v) is 8.69. The van der Waals surface area contributed by atoms with Crippen molar-refractivity contribution in [1.82, 2.24) is 0 Å². The minimum absolute atomic E-state index is 0.183. The topological polar surface area (TPSA) is 78.5 Å². The van der Waals surface area contributed by atoms with E-state index in [1.807, 2.05) is 49.4 Å². The zero-order valence-corrected chi connectivity index (χ0v) is 19.7. The molecule has 1 aliphatic rings. The average molecular weight is 454 g/mol. The monoisotopic (exact) mass is 453 g/mol. The van der Waals surface area contributed by atoms with Crippen molar-refractivity contribution in [3.8, 4) is 0 Å². The van der Waals surface area contributed by atoms with Gasteiger partial charge in [0.2, 0.25) is 5.91 Å². The number of carbonyl (C=O) groups excluding carboxylic acids is 3. The molecule has 0 unspecified atom stereocenters. The largest absolute Gasteiger partial charge is 0.350 e. The highest BCUT2D eigenvalue weighted by molar-refractivity contribution is 6.46. The minimum Gasteiger partial charge on any atom is -0.350 e. The van der Waals surface area contributed by atoms with Crippen molar-refractivity contribution >= 4 is 40.4 Å². The van der Waals surface area contributed by atoms with Crippen LogP contribution >= 0.6 is 0 Å². The molecule has 0 fully saturated rings. The molecule has 4 rings (SSSR count). The standard InChI is InChI=1S/C28H27N3O3/c1-17(2)20-8-12-23(13-9-20)30-26-25(21-10-14-22(15-11-21)29-19(4)32)27(33)31(28(26)34)24-7-5-6-18(3)16-24/h5-17,30H,1-4H3,(H,29,32). The first-order valence-corrected chi connectivity index (χ1v) is 11.2. The van der Waals surface area contributed by atoms with Gasteiger partial charge in [-0.2, -0.15) is 0 Å². The van der Waals surface area contributed by atoms with E-state index in [9.17, 15) is 14.4 Å². The van der Waals surface area contributed by atoms with Crippen LogP contribution in [0.5, 0.6) is 0 Å². The van der Waals surface area contributed by atoms with E-state index in [1.54, 1.807) is 30.3 Å². The third-order valence-corrected chi connectivity index (χ3v) is 5.68. The summed E-state index contributed by atoms with van der Waals surface area (Å²) in [4.78, 5) is 39.7. The van der Waals surface area contributed by atoms with Gasteiger partial charge in [0.05, 0.1) is 11.3 Å². The summed E-state index contributed by atoms with van der Waals surface area (Å²) in [6, 6.07) is 22.0. The lowest BCUT2D eigenvalue weighted by molar-refractivity contribution is -0.120. The van der Waals surface area contributed by atoms with Crippen molar-refractivity contribution in [3.63, 3.8) is 0 Å². The number of anilines is 3. The highest BCUT2D eigenvalue weighted by Gasteiger charge is 2.40. The summed E-state index contributed by atoms with van der Waals surface area (Å²) in [6.45, 7) is 7.58. The van der Waals surface area contributed by atoms with Crippen LogP contribution in [0.25, 0.3) is 5.57 Å². The van der Waals surface area contributed by atoms with Crippen molar-refractivity contribution in [2.24, 2.45) is 0 Å². The Kier molecular flexibility index (Phi) is 6.32. The summed E-state index contributed by atoms with van der Waals surface area (Å²) < 4.78 is 0. The molecule has 3 aromatic carbocycles. The summed E-state index contributed by atoms with van der Waals surface area (Å²) >= 11 is 0. The van der Waals surface area contributed by atoms with Crippen LogP contribution in [-0.2, 0) is 14.4 Å².